The van der Waals surface area contributed by atoms with Crippen LogP contribution in [-0.2, 0) is 14.8 Å². The van der Waals surface area contributed by atoms with Gasteiger partial charge in [-0.25, -0.2) is 12.8 Å². The van der Waals surface area contributed by atoms with E-state index in [2.05, 4.69) is 24.4 Å². The maximum Gasteiger partial charge on any atom is 0.243 e. The Bertz CT molecular complexity index is 917. The van der Waals surface area contributed by atoms with E-state index in [4.69, 9.17) is 0 Å². The van der Waals surface area contributed by atoms with E-state index >= 15 is 0 Å². The molecule has 0 saturated carbocycles. The van der Waals surface area contributed by atoms with Crippen LogP contribution in [0.5, 0.6) is 0 Å². The van der Waals surface area contributed by atoms with Gasteiger partial charge in [0.05, 0.1) is 10.8 Å². The minimum Gasteiger partial charge on any atom is -0.355 e. The van der Waals surface area contributed by atoms with Gasteiger partial charge in [-0.3, -0.25) is 4.79 Å². The van der Waals surface area contributed by atoms with E-state index in [1.807, 2.05) is 18.2 Å². The molecule has 3 rings (SSSR count). The molecule has 1 aliphatic heterocycles. The van der Waals surface area contributed by atoms with E-state index < -0.39 is 15.8 Å². The molecule has 0 aromatic heterocycles. The van der Waals surface area contributed by atoms with Crippen molar-refractivity contribution in [2.45, 2.75) is 37.0 Å². The number of halogens is 1. The van der Waals surface area contributed by atoms with Gasteiger partial charge >= 0.3 is 0 Å². The molecular weight excluding hydrogens is 391 g/mol. The van der Waals surface area contributed by atoms with Gasteiger partial charge in [0, 0.05) is 25.6 Å². The van der Waals surface area contributed by atoms with Crippen LogP contribution in [0.2, 0.25) is 0 Å². The fourth-order valence-corrected chi connectivity index (χ4v) is 5.25. The number of hydrogen-bond acceptors (Lipinski definition) is 3. The first kappa shape index (κ1) is 21.5. The number of benzene rings is 2. The van der Waals surface area contributed by atoms with Crippen LogP contribution in [0.15, 0.2) is 59.5 Å². The fourth-order valence-electron chi connectivity index (χ4n) is 3.72. The second-order valence-corrected chi connectivity index (χ2v) is 9.36. The first-order valence-corrected chi connectivity index (χ1v) is 11.4. The highest BCUT2D eigenvalue weighted by atomic mass is 32.2. The Balaban J connectivity index is 1.62. The summed E-state index contributed by atoms with van der Waals surface area (Å²) in [4.78, 5) is 12.8. The van der Waals surface area contributed by atoms with E-state index in [9.17, 15) is 17.6 Å². The van der Waals surface area contributed by atoms with Crippen LogP contribution in [-0.4, -0.2) is 38.3 Å². The molecule has 1 amide bonds. The monoisotopic (exact) mass is 418 g/mol. The lowest BCUT2D eigenvalue weighted by atomic mass is 9.95. The molecule has 7 heteroatoms. The third-order valence-electron chi connectivity index (χ3n) is 5.49. The van der Waals surface area contributed by atoms with Crippen molar-refractivity contribution in [1.82, 2.24) is 9.62 Å². The van der Waals surface area contributed by atoms with E-state index in [0.29, 0.717) is 25.9 Å². The standard InChI is InChI=1S/C22H27FN2O3S/c1-2-17(18-7-4-3-5-8-18)15-24-22(26)19-9-6-14-25(16-19)29(27,28)21-12-10-20(23)11-13-21/h3-5,7-8,10-13,17,19H,2,6,9,14-16H2,1H3,(H,24,26)/t17-,19-/m1/s1. The molecule has 156 valence electrons. The smallest absolute Gasteiger partial charge is 0.243 e. The lowest BCUT2D eigenvalue weighted by Gasteiger charge is -2.31. The summed E-state index contributed by atoms with van der Waals surface area (Å²) in [6.45, 7) is 3.13. The lowest BCUT2D eigenvalue weighted by molar-refractivity contribution is -0.126. The summed E-state index contributed by atoms with van der Waals surface area (Å²) < 4.78 is 40.1. The summed E-state index contributed by atoms with van der Waals surface area (Å²) in [6, 6.07) is 14.8. The number of hydrogen-bond donors (Lipinski definition) is 1. The molecule has 0 aliphatic carbocycles. The zero-order valence-electron chi connectivity index (χ0n) is 16.6. The average Bonchev–Trinajstić information content (AvgIpc) is 2.75. The van der Waals surface area contributed by atoms with Gasteiger partial charge in [0.1, 0.15) is 5.82 Å². The molecule has 2 aromatic rings. The van der Waals surface area contributed by atoms with E-state index in [0.717, 1.165) is 18.6 Å². The molecule has 0 spiro atoms. The van der Waals surface area contributed by atoms with E-state index in [1.165, 1.54) is 22.0 Å². The number of nitrogens with zero attached hydrogens (tertiary/aromatic N) is 1. The van der Waals surface area contributed by atoms with Gasteiger partial charge in [0.15, 0.2) is 0 Å². The van der Waals surface area contributed by atoms with Crippen molar-refractivity contribution in [2.24, 2.45) is 5.92 Å². The largest absolute Gasteiger partial charge is 0.355 e. The summed E-state index contributed by atoms with van der Waals surface area (Å²) in [5.74, 6) is -0.753. The highest BCUT2D eigenvalue weighted by Gasteiger charge is 2.33. The molecule has 1 fully saturated rings. The van der Waals surface area contributed by atoms with Crippen molar-refractivity contribution in [3.05, 3.63) is 66.0 Å². The fraction of sp³-hybridized carbons (Fsp3) is 0.409. The molecule has 29 heavy (non-hydrogen) atoms. The molecule has 2 aromatic carbocycles. The number of amides is 1. The summed E-state index contributed by atoms with van der Waals surface area (Å²) >= 11 is 0. The molecule has 0 unspecified atom stereocenters. The Morgan fingerprint density at radius 3 is 2.52 bits per heavy atom. The second kappa shape index (κ2) is 9.50. The SMILES string of the molecule is CC[C@H](CNC(=O)[C@@H]1CCCN(S(=O)(=O)c2ccc(F)cc2)C1)c1ccccc1. The van der Waals surface area contributed by atoms with Gasteiger partial charge in [-0.2, -0.15) is 4.31 Å². The minimum atomic E-state index is -3.74. The van der Waals surface area contributed by atoms with Gasteiger partial charge in [-0.05, 0) is 49.1 Å². The van der Waals surface area contributed by atoms with Crippen molar-refractivity contribution < 1.29 is 17.6 Å². The van der Waals surface area contributed by atoms with Gasteiger partial charge in [-0.15, -0.1) is 0 Å². The van der Waals surface area contributed by atoms with Crippen molar-refractivity contribution >= 4 is 15.9 Å². The molecule has 0 radical (unpaired) electrons. The summed E-state index contributed by atoms with van der Waals surface area (Å²) in [6.07, 6.45) is 2.18. The van der Waals surface area contributed by atoms with Crippen molar-refractivity contribution in [2.75, 3.05) is 19.6 Å². The Labute approximate surface area is 172 Å². The predicted molar refractivity (Wildman–Crippen MR) is 110 cm³/mol. The van der Waals surface area contributed by atoms with Crippen LogP contribution in [0.25, 0.3) is 0 Å². The topological polar surface area (TPSA) is 66.5 Å². The Morgan fingerprint density at radius 1 is 1.17 bits per heavy atom. The van der Waals surface area contributed by atoms with Gasteiger partial charge in [0.2, 0.25) is 15.9 Å². The quantitative estimate of drug-likeness (QED) is 0.748. The summed E-state index contributed by atoms with van der Waals surface area (Å²) in [5.41, 5.74) is 1.18. The van der Waals surface area contributed by atoms with Crippen molar-refractivity contribution in [1.29, 1.82) is 0 Å². The average molecular weight is 419 g/mol. The Morgan fingerprint density at radius 2 is 1.86 bits per heavy atom. The van der Waals surface area contributed by atoms with Crippen LogP contribution in [0.3, 0.4) is 0 Å². The predicted octanol–water partition coefficient (Wildman–Crippen LogP) is 3.54. The van der Waals surface area contributed by atoms with Crippen LogP contribution in [0, 0.1) is 11.7 Å². The minimum absolute atomic E-state index is 0.0510. The third-order valence-corrected chi connectivity index (χ3v) is 7.37. The van der Waals surface area contributed by atoms with Gasteiger partial charge in [0.25, 0.3) is 0 Å². The number of carbonyl (C=O) groups excluding carboxylic acids is 1. The molecule has 1 heterocycles. The van der Waals surface area contributed by atoms with Gasteiger partial charge in [-0.1, -0.05) is 37.3 Å². The molecule has 0 bridgehead atoms. The maximum absolute atomic E-state index is 13.1. The number of sulfonamides is 1. The first-order chi connectivity index (χ1) is 13.9. The van der Waals surface area contributed by atoms with Crippen molar-refractivity contribution in [3.63, 3.8) is 0 Å². The molecule has 1 saturated heterocycles. The van der Waals surface area contributed by atoms with E-state index in [-0.39, 0.29) is 29.2 Å². The van der Waals surface area contributed by atoms with Crippen LogP contribution in [0.1, 0.15) is 37.7 Å². The second-order valence-electron chi connectivity index (χ2n) is 7.42. The van der Waals surface area contributed by atoms with Crippen LogP contribution in [0.4, 0.5) is 4.39 Å². The lowest BCUT2D eigenvalue weighted by Crippen LogP contribution is -2.46. The molecule has 5 nitrogen and oxygen atoms in total. The first-order valence-electron chi connectivity index (χ1n) is 10.00. The number of carbonyl (C=O) groups is 1. The van der Waals surface area contributed by atoms with E-state index in [1.54, 1.807) is 0 Å². The maximum atomic E-state index is 13.1. The third kappa shape index (κ3) is 5.22. The van der Waals surface area contributed by atoms with Crippen LogP contribution >= 0.6 is 0 Å². The van der Waals surface area contributed by atoms with Gasteiger partial charge < -0.3 is 5.32 Å². The normalized spacial score (nSPS) is 18.9. The highest BCUT2D eigenvalue weighted by molar-refractivity contribution is 7.89. The number of piperidine rings is 1. The number of nitrogens with one attached hydrogen (secondary N) is 1. The number of rotatable bonds is 7. The Hall–Kier alpha value is -2.25. The zero-order chi connectivity index (χ0) is 20.9. The summed E-state index contributed by atoms with van der Waals surface area (Å²) in [5, 5.41) is 3.01. The molecule has 1 aliphatic rings. The molecular formula is C22H27FN2O3S. The summed E-state index contributed by atoms with van der Waals surface area (Å²) in [7, 11) is -3.74. The zero-order valence-corrected chi connectivity index (χ0v) is 17.4. The van der Waals surface area contributed by atoms with Crippen molar-refractivity contribution in [3.8, 4) is 0 Å². The molecule has 2 atom stereocenters. The highest BCUT2D eigenvalue weighted by Crippen LogP contribution is 2.25. The van der Waals surface area contributed by atoms with Crippen LogP contribution < -0.4 is 5.32 Å². The Kier molecular flexibility index (Phi) is 7.03. The molecule has 1 N–H and O–H groups in total.